The van der Waals surface area contributed by atoms with Gasteiger partial charge in [0, 0.05) is 36.0 Å². The molecule has 1 aliphatic heterocycles. The number of pyridine rings is 1. The molecule has 0 spiro atoms. The van der Waals surface area contributed by atoms with Gasteiger partial charge in [-0.3, -0.25) is 4.79 Å². The standard InChI is InChI=1S/C23H25N3O3/c1-5-24-20-18(12-13-25-21(20)23(28)29-4)9-6-17-7-10-19(11-8-17)26-16(3)14-15(2)22(26)27/h7-8,10-13,15-16,24H,5,14H2,1-4H3. The topological polar surface area (TPSA) is 71.5 Å². The summed E-state index contributed by atoms with van der Waals surface area (Å²) in [5.74, 6) is 5.94. The molecule has 1 aromatic carbocycles. The molecule has 2 aromatic rings. The predicted octanol–water partition coefficient (Wildman–Crippen LogP) is 3.46. The number of esters is 1. The molecule has 6 heteroatoms. The molecule has 2 atom stereocenters. The number of aromatic nitrogens is 1. The molecule has 150 valence electrons. The fraction of sp³-hybridized carbons (Fsp3) is 0.348. The van der Waals surface area contributed by atoms with Gasteiger partial charge >= 0.3 is 5.97 Å². The molecule has 2 heterocycles. The Morgan fingerprint density at radius 1 is 1.24 bits per heavy atom. The zero-order valence-corrected chi connectivity index (χ0v) is 17.2. The zero-order chi connectivity index (χ0) is 21.0. The summed E-state index contributed by atoms with van der Waals surface area (Å²) < 4.78 is 4.81. The SMILES string of the molecule is CCNc1c(C#Cc2ccc(N3C(=O)C(C)CC3C)cc2)ccnc1C(=O)OC. The van der Waals surface area contributed by atoms with Crippen LogP contribution in [-0.2, 0) is 9.53 Å². The number of hydrogen-bond donors (Lipinski definition) is 1. The van der Waals surface area contributed by atoms with Gasteiger partial charge in [0.05, 0.1) is 18.4 Å². The highest BCUT2D eigenvalue weighted by molar-refractivity contribution is 5.97. The second kappa shape index (κ2) is 8.78. The predicted molar refractivity (Wildman–Crippen MR) is 113 cm³/mol. The van der Waals surface area contributed by atoms with Gasteiger partial charge in [-0.1, -0.05) is 18.8 Å². The first-order chi connectivity index (χ1) is 14.0. The number of ether oxygens (including phenoxy) is 1. The number of benzene rings is 1. The van der Waals surface area contributed by atoms with E-state index in [-0.39, 0.29) is 23.6 Å². The highest BCUT2D eigenvalue weighted by Crippen LogP contribution is 2.30. The maximum Gasteiger partial charge on any atom is 0.358 e. The van der Waals surface area contributed by atoms with Gasteiger partial charge in [-0.25, -0.2) is 9.78 Å². The largest absolute Gasteiger partial charge is 0.464 e. The van der Waals surface area contributed by atoms with Gasteiger partial charge in [0.1, 0.15) is 0 Å². The van der Waals surface area contributed by atoms with Crippen LogP contribution in [0.1, 0.15) is 48.8 Å². The zero-order valence-electron chi connectivity index (χ0n) is 17.2. The van der Waals surface area contributed by atoms with E-state index >= 15 is 0 Å². The summed E-state index contributed by atoms with van der Waals surface area (Å²) in [6.45, 7) is 6.60. The second-order valence-electron chi connectivity index (χ2n) is 7.09. The van der Waals surface area contributed by atoms with Crippen molar-refractivity contribution >= 4 is 23.3 Å². The molecule has 0 aliphatic carbocycles. The van der Waals surface area contributed by atoms with Gasteiger partial charge in [0.2, 0.25) is 5.91 Å². The number of amides is 1. The lowest BCUT2D eigenvalue weighted by molar-refractivity contribution is -0.119. The third-order valence-electron chi connectivity index (χ3n) is 4.96. The Morgan fingerprint density at radius 3 is 2.55 bits per heavy atom. The van der Waals surface area contributed by atoms with Crippen LogP contribution in [0, 0.1) is 17.8 Å². The number of nitrogens with zero attached hydrogens (tertiary/aromatic N) is 2. The van der Waals surface area contributed by atoms with Crippen molar-refractivity contribution in [2.24, 2.45) is 5.92 Å². The molecule has 2 unspecified atom stereocenters. The summed E-state index contributed by atoms with van der Waals surface area (Å²) in [6, 6.07) is 9.62. The molecule has 1 aromatic heterocycles. The quantitative estimate of drug-likeness (QED) is 0.638. The molecule has 1 fully saturated rings. The van der Waals surface area contributed by atoms with Gasteiger partial charge < -0.3 is 15.0 Å². The van der Waals surface area contributed by atoms with Crippen molar-refractivity contribution in [3.63, 3.8) is 0 Å². The Labute approximate surface area is 171 Å². The van der Waals surface area contributed by atoms with Crippen molar-refractivity contribution in [3.05, 3.63) is 53.3 Å². The van der Waals surface area contributed by atoms with Gasteiger partial charge in [-0.2, -0.15) is 0 Å². The Morgan fingerprint density at radius 2 is 1.97 bits per heavy atom. The Hall–Kier alpha value is -3.33. The van der Waals surface area contributed by atoms with E-state index in [1.54, 1.807) is 12.3 Å². The lowest BCUT2D eigenvalue weighted by Gasteiger charge is -2.21. The molecular formula is C23H25N3O3. The van der Waals surface area contributed by atoms with Crippen LogP contribution < -0.4 is 10.2 Å². The van der Waals surface area contributed by atoms with Crippen molar-refractivity contribution in [2.45, 2.75) is 33.2 Å². The first kappa shape index (κ1) is 20.4. The van der Waals surface area contributed by atoms with Crippen LogP contribution in [-0.4, -0.2) is 36.6 Å². The number of nitrogens with one attached hydrogen (secondary N) is 1. The van der Waals surface area contributed by atoms with Crippen LogP contribution in [0.5, 0.6) is 0 Å². The fourth-order valence-electron chi connectivity index (χ4n) is 3.57. The number of hydrogen-bond acceptors (Lipinski definition) is 5. The minimum atomic E-state index is -0.507. The third-order valence-corrected chi connectivity index (χ3v) is 4.96. The molecule has 0 saturated carbocycles. The average Bonchev–Trinajstić information content (AvgIpc) is 2.98. The van der Waals surface area contributed by atoms with E-state index in [9.17, 15) is 9.59 Å². The van der Waals surface area contributed by atoms with E-state index < -0.39 is 5.97 Å². The first-order valence-corrected chi connectivity index (χ1v) is 9.72. The molecule has 1 aliphatic rings. The van der Waals surface area contributed by atoms with E-state index in [0.717, 1.165) is 17.7 Å². The van der Waals surface area contributed by atoms with Crippen LogP contribution in [0.2, 0.25) is 0 Å². The molecule has 3 rings (SSSR count). The lowest BCUT2D eigenvalue weighted by Crippen LogP contribution is -2.31. The number of rotatable bonds is 4. The van der Waals surface area contributed by atoms with E-state index in [4.69, 9.17) is 4.74 Å². The minimum absolute atomic E-state index is 0.0599. The van der Waals surface area contributed by atoms with Crippen molar-refractivity contribution in [3.8, 4) is 11.8 Å². The van der Waals surface area contributed by atoms with Crippen LogP contribution in [0.15, 0.2) is 36.5 Å². The summed E-state index contributed by atoms with van der Waals surface area (Å²) >= 11 is 0. The van der Waals surface area contributed by atoms with Gasteiger partial charge in [0.15, 0.2) is 5.69 Å². The van der Waals surface area contributed by atoms with Crippen molar-refractivity contribution < 1.29 is 14.3 Å². The molecule has 1 saturated heterocycles. The monoisotopic (exact) mass is 391 g/mol. The summed E-state index contributed by atoms with van der Waals surface area (Å²) in [6.07, 6.45) is 2.42. The molecule has 0 radical (unpaired) electrons. The maximum absolute atomic E-state index is 12.4. The van der Waals surface area contributed by atoms with Crippen LogP contribution in [0.3, 0.4) is 0 Å². The lowest BCUT2D eigenvalue weighted by atomic mass is 10.1. The number of anilines is 2. The van der Waals surface area contributed by atoms with Crippen molar-refractivity contribution in [1.82, 2.24) is 4.98 Å². The number of carbonyl (C=O) groups is 2. The summed E-state index contributed by atoms with van der Waals surface area (Å²) in [5.41, 5.74) is 3.16. The molecule has 1 amide bonds. The van der Waals surface area contributed by atoms with Crippen molar-refractivity contribution in [1.29, 1.82) is 0 Å². The minimum Gasteiger partial charge on any atom is -0.464 e. The van der Waals surface area contributed by atoms with E-state index in [2.05, 4.69) is 29.1 Å². The third kappa shape index (κ3) is 4.24. The molecule has 1 N–H and O–H groups in total. The number of carbonyl (C=O) groups excluding carboxylic acids is 2. The summed E-state index contributed by atoms with van der Waals surface area (Å²) in [7, 11) is 1.33. The van der Waals surface area contributed by atoms with Crippen LogP contribution in [0.4, 0.5) is 11.4 Å². The van der Waals surface area contributed by atoms with Gasteiger partial charge in [-0.05, 0) is 50.6 Å². The Kier molecular flexibility index (Phi) is 6.18. The van der Waals surface area contributed by atoms with Crippen LogP contribution in [0.25, 0.3) is 0 Å². The molecular weight excluding hydrogens is 366 g/mol. The first-order valence-electron chi connectivity index (χ1n) is 9.72. The summed E-state index contributed by atoms with van der Waals surface area (Å²) in [4.78, 5) is 30.3. The molecule has 29 heavy (non-hydrogen) atoms. The normalized spacial score (nSPS) is 18.2. The maximum atomic E-state index is 12.4. The van der Waals surface area contributed by atoms with Gasteiger partial charge in [-0.15, -0.1) is 0 Å². The molecule has 6 nitrogen and oxygen atoms in total. The molecule has 0 bridgehead atoms. The van der Waals surface area contributed by atoms with Crippen LogP contribution >= 0.6 is 0 Å². The fourth-order valence-corrected chi connectivity index (χ4v) is 3.57. The van der Waals surface area contributed by atoms with Gasteiger partial charge in [0.25, 0.3) is 0 Å². The van der Waals surface area contributed by atoms with E-state index in [1.165, 1.54) is 7.11 Å². The van der Waals surface area contributed by atoms with Crippen molar-refractivity contribution in [2.75, 3.05) is 23.9 Å². The number of methoxy groups -OCH3 is 1. The van der Waals surface area contributed by atoms with E-state index in [1.807, 2.05) is 43.0 Å². The summed E-state index contributed by atoms with van der Waals surface area (Å²) in [5, 5.41) is 3.15. The second-order valence-corrected chi connectivity index (χ2v) is 7.09. The highest BCUT2D eigenvalue weighted by atomic mass is 16.5. The average molecular weight is 391 g/mol. The van der Waals surface area contributed by atoms with E-state index in [0.29, 0.717) is 17.8 Å². The Bertz CT molecular complexity index is 973. The Balaban J connectivity index is 1.87. The highest BCUT2D eigenvalue weighted by Gasteiger charge is 2.34. The smallest absolute Gasteiger partial charge is 0.358 e.